The molecule has 0 amide bonds. The molecule has 0 unspecified atom stereocenters. The molecule has 0 saturated heterocycles. The van der Waals surface area contributed by atoms with Crippen molar-refractivity contribution in [2.45, 2.75) is 13.5 Å². The molecule has 3 heterocycles. The van der Waals surface area contributed by atoms with Gasteiger partial charge in [-0.05, 0) is 42.8 Å². The minimum Gasteiger partial charge on any atom is -0.464 e. The third-order valence-electron chi connectivity index (χ3n) is 5.60. The van der Waals surface area contributed by atoms with E-state index in [9.17, 15) is 4.79 Å². The summed E-state index contributed by atoms with van der Waals surface area (Å²) in [7, 11) is 3.33. The van der Waals surface area contributed by atoms with Gasteiger partial charge in [0.15, 0.2) is 11.3 Å². The van der Waals surface area contributed by atoms with Gasteiger partial charge in [-0.3, -0.25) is 0 Å². The van der Waals surface area contributed by atoms with Crippen LogP contribution < -0.4 is 0 Å². The van der Waals surface area contributed by atoms with E-state index in [-0.39, 0.29) is 5.69 Å². The quantitative estimate of drug-likeness (QED) is 0.372. The topological polar surface area (TPSA) is 74.8 Å². The van der Waals surface area contributed by atoms with Crippen molar-refractivity contribution in [3.05, 3.63) is 76.7 Å². The predicted molar refractivity (Wildman–Crippen MR) is 124 cm³/mol. The second kappa shape index (κ2) is 7.76. The Morgan fingerprint density at radius 2 is 1.84 bits per heavy atom. The smallest absolute Gasteiger partial charge is 0.356 e. The number of carbonyl (C=O) groups is 1. The molecule has 0 spiro atoms. The van der Waals surface area contributed by atoms with Gasteiger partial charge in [-0.25, -0.2) is 19.7 Å². The predicted octanol–water partition coefficient (Wildman–Crippen LogP) is 4.78. The molecule has 5 rings (SSSR count). The highest BCUT2D eigenvalue weighted by Gasteiger charge is 2.16. The lowest BCUT2D eigenvalue weighted by Crippen LogP contribution is -2.07. The molecule has 160 valence electrons. The van der Waals surface area contributed by atoms with Gasteiger partial charge < -0.3 is 13.9 Å². The molecule has 7 nitrogen and oxygen atoms in total. The van der Waals surface area contributed by atoms with Crippen molar-refractivity contribution in [1.29, 1.82) is 0 Å². The number of hydrogen-bond acceptors (Lipinski definition) is 5. The SMILES string of the molecule is COC(=O)c1ccc2nc(C)n(Cc3ccc(-c4nc5ccccc5n4C)cc3Cl)c2n1. The van der Waals surface area contributed by atoms with Gasteiger partial charge in [0.05, 0.1) is 24.7 Å². The molecule has 5 aromatic rings. The van der Waals surface area contributed by atoms with Crippen LogP contribution in [-0.2, 0) is 18.3 Å². The molecule has 8 heteroatoms. The number of benzene rings is 2. The molecule has 3 aromatic heterocycles. The van der Waals surface area contributed by atoms with Crippen molar-refractivity contribution in [1.82, 2.24) is 24.1 Å². The number of hydrogen-bond donors (Lipinski definition) is 0. The maximum atomic E-state index is 11.9. The second-order valence-electron chi connectivity index (χ2n) is 7.57. The summed E-state index contributed by atoms with van der Waals surface area (Å²) in [6.07, 6.45) is 0. The van der Waals surface area contributed by atoms with E-state index in [0.717, 1.165) is 33.8 Å². The third-order valence-corrected chi connectivity index (χ3v) is 5.96. The van der Waals surface area contributed by atoms with Crippen LogP contribution in [0.5, 0.6) is 0 Å². The fourth-order valence-corrected chi connectivity index (χ4v) is 4.15. The number of fused-ring (bicyclic) bond motifs is 2. The van der Waals surface area contributed by atoms with E-state index in [1.54, 1.807) is 12.1 Å². The molecule has 0 aliphatic rings. The summed E-state index contributed by atoms with van der Waals surface area (Å²) in [4.78, 5) is 25.7. The number of imidazole rings is 2. The lowest BCUT2D eigenvalue weighted by Gasteiger charge is -2.11. The van der Waals surface area contributed by atoms with Crippen LogP contribution in [0.25, 0.3) is 33.6 Å². The van der Waals surface area contributed by atoms with Gasteiger partial charge in [-0.15, -0.1) is 0 Å². The summed E-state index contributed by atoms with van der Waals surface area (Å²) in [5.41, 5.74) is 5.43. The standard InChI is InChI=1S/C24H20ClN5O2/c1-14-26-19-10-11-20(24(31)32-3)28-23(19)30(14)13-16-9-8-15(12-17(16)25)22-27-18-6-4-5-7-21(18)29(22)2/h4-12H,13H2,1-3H3. The van der Waals surface area contributed by atoms with Gasteiger partial charge in [0.25, 0.3) is 0 Å². The van der Waals surface area contributed by atoms with E-state index in [2.05, 4.69) is 14.5 Å². The fourth-order valence-electron chi connectivity index (χ4n) is 3.91. The largest absolute Gasteiger partial charge is 0.464 e. The number of para-hydroxylation sites is 2. The summed E-state index contributed by atoms with van der Waals surface area (Å²) in [6.45, 7) is 2.38. The number of nitrogens with zero attached hydrogens (tertiary/aromatic N) is 5. The Labute approximate surface area is 189 Å². The van der Waals surface area contributed by atoms with E-state index in [0.29, 0.717) is 22.7 Å². The molecule has 0 atom stereocenters. The lowest BCUT2D eigenvalue weighted by molar-refractivity contribution is 0.0594. The summed E-state index contributed by atoms with van der Waals surface area (Å²) in [6, 6.07) is 17.4. The summed E-state index contributed by atoms with van der Waals surface area (Å²) in [5.74, 6) is 1.15. The van der Waals surface area contributed by atoms with E-state index >= 15 is 0 Å². The Kier molecular flexibility index (Phi) is 4.90. The van der Waals surface area contributed by atoms with Crippen LogP contribution in [0.4, 0.5) is 0 Å². The molecule has 0 fully saturated rings. The Balaban J connectivity index is 1.53. The zero-order valence-corrected chi connectivity index (χ0v) is 18.6. The maximum Gasteiger partial charge on any atom is 0.356 e. The average Bonchev–Trinajstić information content (AvgIpc) is 3.30. The zero-order chi connectivity index (χ0) is 22.4. The second-order valence-corrected chi connectivity index (χ2v) is 7.97. The van der Waals surface area contributed by atoms with Crippen molar-refractivity contribution in [2.75, 3.05) is 7.11 Å². The minimum absolute atomic E-state index is 0.240. The Morgan fingerprint density at radius 1 is 1.03 bits per heavy atom. The van der Waals surface area contributed by atoms with Gasteiger partial charge in [0.1, 0.15) is 17.2 Å². The molecule has 0 saturated carbocycles. The van der Waals surface area contributed by atoms with Crippen LogP contribution in [0.1, 0.15) is 21.9 Å². The lowest BCUT2D eigenvalue weighted by atomic mass is 10.1. The van der Waals surface area contributed by atoms with E-state index in [1.165, 1.54) is 7.11 Å². The van der Waals surface area contributed by atoms with Crippen LogP contribution in [0.3, 0.4) is 0 Å². The van der Waals surface area contributed by atoms with Crippen molar-refractivity contribution in [3.8, 4) is 11.4 Å². The Morgan fingerprint density at radius 3 is 2.59 bits per heavy atom. The normalized spacial score (nSPS) is 11.4. The van der Waals surface area contributed by atoms with Crippen LogP contribution >= 0.6 is 11.6 Å². The minimum atomic E-state index is -0.484. The molecular weight excluding hydrogens is 426 g/mol. The summed E-state index contributed by atoms with van der Waals surface area (Å²) in [5, 5.41) is 0.625. The number of ether oxygens (including phenoxy) is 1. The molecule has 0 radical (unpaired) electrons. The van der Waals surface area contributed by atoms with Crippen molar-refractivity contribution in [2.24, 2.45) is 7.05 Å². The van der Waals surface area contributed by atoms with Gasteiger partial charge in [0, 0.05) is 17.6 Å². The Bertz CT molecular complexity index is 1500. The number of aromatic nitrogens is 5. The summed E-state index contributed by atoms with van der Waals surface area (Å²) >= 11 is 6.69. The first-order valence-corrected chi connectivity index (χ1v) is 10.5. The first kappa shape index (κ1) is 20.2. The number of halogens is 1. The summed E-state index contributed by atoms with van der Waals surface area (Å²) < 4.78 is 8.80. The van der Waals surface area contributed by atoms with Gasteiger partial charge in [-0.2, -0.15) is 0 Å². The van der Waals surface area contributed by atoms with Gasteiger partial charge >= 0.3 is 5.97 Å². The number of carbonyl (C=O) groups excluding carboxylic acids is 1. The molecule has 0 aliphatic heterocycles. The fraction of sp³-hybridized carbons (Fsp3) is 0.167. The first-order valence-electron chi connectivity index (χ1n) is 10.1. The highest BCUT2D eigenvalue weighted by atomic mass is 35.5. The van der Waals surface area contributed by atoms with Crippen LogP contribution in [0, 0.1) is 6.92 Å². The van der Waals surface area contributed by atoms with Gasteiger partial charge in [-0.1, -0.05) is 35.9 Å². The highest BCUT2D eigenvalue weighted by molar-refractivity contribution is 6.31. The van der Waals surface area contributed by atoms with Crippen LogP contribution in [-0.4, -0.2) is 37.2 Å². The first-order chi connectivity index (χ1) is 15.5. The molecule has 32 heavy (non-hydrogen) atoms. The van der Waals surface area contributed by atoms with E-state index in [1.807, 2.05) is 61.0 Å². The zero-order valence-electron chi connectivity index (χ0n) is 17.8. The molecular formula is C24H20ClN5O2. The molecule has 0 aliphatic carbocycles. The van der Waals surface area contributed by atoms with Crippen LogP contribution in [0.15, 0.2) is 54.6 Å². The Hall–Kier alpha value is -3.71. The third kappa shape index (κ3) is 3.31. The highest BCUT2D eigenvalue weighted by Crippen LogP contribution is 2.29. The molecule has 0 N–H and O–H groups in total. The maximum absolute atomic E-state index is 11.9. The van der Waals surface area contributed by atoms with Gasteiger partial charge in [0.2, 0.25) is 0 Å². The van der Waals surface area contributed by atoms with Crippen molar-refractivity contribution in [3.63, 3.8) is 0 Å². The van der Waals surface area contributed by atoms with Crippen LogP contribution in [0.2, 0.25) is 5.02 Å². The molecule has 2 aromatic carbocycles. The average molecular weight is 446 g/mol. The van der Waals surface area contributed by atoms with E-state index < -0.39 is 5.97 Å². The number of esters is 1. The van der Waals surface area contributed by atoms with Crippen molar-refractivity contribution < 1.29 is 9.53 Å². The number of rotatable bonds is 4. The number of pyridine rings is 1. The number of methoxy groups -OCH3 is 1. The van der Waals surface area contributed by atoms with E-state index in [4.69, 9.17) is 21.3 Å². The monoisotopic (exact) mass is 445 g/mol. The number of aryl methyl sites for hydroxylation is 2. The molecule has 0 bridgehead atoms. The van der Waals surface area contributed by atoms with Crippen molar-refractivity contribution >= 4 is 39.8 Å².